The van der Waals surface area contributed by atoms with Crippen molar-refractivity contribution in [3.63, 3.8) is 0 Å². The summed E-state index contributed by atoms with van der Waals surface area (Å²) in [5.74, 6) is -0.315. The first kappa shape index (κ1) is 16.2. The van der Waals surface area contributed by atoms with Crippen molar-refractivity contribution in [2.45, 2.75) is 19.4 Å². The number of hydrogen-bond acceptors (Lipinski definition) is 4. The number of fused-ring (bicyclic) bond motifs is 1. The first-order valence-corrected chi connectivity index (χ1v) is 7.80. The monoisotopic (exact) mass is 324 g/mol. The van der Waals surface area contributed by atoms with Crippen molar-refractivity contribution < 1.29 is 9.90 Å². The number of aromatic nitrogens is 2. The molecule has 0 fully saturated rings. The molecule has 1 atom stereocenters. The van der Waals surface area contributed by atoms with Crippen molar-refractivity contribution in [3.8, 4) is 5.69 Å². The van der Waals surface area contributed by atoms with Gasteiger partial charge in [0.15, 0.2) is 0 Å². The van der Waals surface area contributed by atoms with Crippen LogP contribution in [-0.2, 0) is 4.79 Å². The molecule has 0 spiro atoms. The van der Waals surface area contributed by atoms with Crippen LogP contribution in [0.15, 0.2) is 48.7 Å². The lowest BCUT2D eigenvalue weighted by Crippen LogP contribution is -2.36. The molecule has 0 radical (unpaired) electrons. The summed E-state index contributed by atoms with van der Waals surface area (Å²) in [6, 6.07) is 12.9. The van der Waals surface area contributed by atoms with Gasteiger partial charge in [-0.3, -0.25) is 4.79 Å². The predicted octanol–water partition coefficient (Wildman–Crippen LogP) is 1.98. The van der Waals surface area contributed by atoms with E-state index < -0.39 is 6.04 Å². The first-order valence-electron chi connectivity index (χ1n) is 7.80. The van der Waals surface area contributed by atoms with Gasteiger partial charge < -0.3 is 16.2 Å². The second-order valence-electron chi connectivity index (χ2n) is 5.78. The van der Waals surface area contributed by atoms with E-state index in [-0.39, 0.29) is 18.9 Å². The molecule has 0 unspecified atom stereocenters. The van der Waals surface area contributed by atoms with E-state index in [2.05, 4.69) is 16.5 Å². The number of rotatable bonds is 5. The van der Waals surface area contributed by atoms with E-state index in [9.17, 15) is 4.79 Å². The van der Waals surface area contributed by atoms with Crippen molar-refractivity contribution in [1.82, 2.24) is 9.78 Å². The lowest BCUT2D eigenvalue weighted by Gasteiger charge is -2.11. The highest BCUT2D eigenvalue weighted by Crippen LogP contribution is 2.22. The SMILES string of the molecule is Cc1cccc(-n2ncc3ccc(NC(=O)[C@@H](N)CCO)cc32)c1. The molecule has 0 bridgehead atoms. The molecule has 1 heterocycles. The highest BCUT2D eigenvalue weighted by molar-refractivity contribution is 5.96. The van der Waals surface area contributed by atoms with E-state index in [4.69, 9.17) is 10.8 Å². The summed E-state index contributed by atoms with van der Waals surface area (Å²) in [6.45, 7) is 1.91. The van der Waals surface area contributed by atoms with Crippen LogP contribution in [0.1, 0.15) is 12.0 Å². The van der Waals surface area contributed by atoms with Gasteiger partial charge in [0.1, 0.15) is 0 Å². The topological polar surface area (TPSA) is 93.2 Å². The van der Waals surface area contributed by atoms with Crippen LogP contribution in [0.3, 0.4) is 0 Å². The zero-order valence-electron chi connectivity index (χ0n) is 13.4. The third-order valence-electron chi connectivity index (χ3n) is 3.86. The van der Waals surface area contributed by atoms with Crippen LogP contribution in [-0.4, -0.2) is 33.4 Å². The Morgan fingerprint density at radius 2 is 2.17 bits per heavy atom. The number of nitrogens with two attached hydrogens (primary N) is 1. The molecule has 6 nitrogen and oxygen atoms in total. The second-order valence-corrected chi connectivity index (χ2v) is 5.78. The molecule has 1 aromatic heterocycles. The van der Waals surface area contributed by atoms with Crippen LogP contribution in [0.5, 0.6) is 0 Å². The molecule has 124 valence electrons. The lowest BCUT2D eigenvalue weighted by molar-refractivity contribution is -0.117. The molecule has 0 aliphatic heterocycles. The summed E-state index contributed by atoms with van der Waals surface area (Å²) < 4.78 is 1.84. The van der Waals surface area contributed by atoms with E-state index in [1.54, 1.807) is 6.20 Å². The summed E-state index contributed by atoms with van der Waals surface area (Å²) in [7, 11) is 0. The molecule has 0 aliphatic rings. The van der Waals surface area contributed by atoms with Crippen LogP contribution in [0.25, 0.3) is 16.6 Å². The Balaban J connectivity index is 1.93. The van der Waals surface area contributed by atoms with Crippen molar-refractivity contribution >= 4 is 22.5 Å². The quantitative estimate of drug-likeness (QED) is 0.669. The molecule has 3 aromatic rings. The normalized spacial score (nSPS) is 12.3. The molecule has 24 heavy (non-hydrogen) atoms. The number of anilines is 1. The average Bonchev–Trinajstić information content (AvgIpc) is 2.98. The third kappa shape index (κ3) is 3.29. The number of aryl methyl sites for hydroxylation is 1. The van der Waals surface area contributed by atoms with Gasteiger partial charge in [-0.1, -0.05) is 12.1 Å². The fourth-order valence-electron chi connectivity index (χ4n) is 2.57. The van der Waals surface area contributed by atoms with Gasteiger partial charge in [-0.15, -0.1) is 0 Å². The minimum absolute atomic E-state index is 0.117. The van der Waals surface area contributed by atoms with Gasteiger partial charge in [0.25, 0.3) is 0 Å². The van der Waals surface area contributed by atoms with E-state index >= 15 is 0 Å². The molecule has 0 saturated carbocycles. The largest absolute Gasteiger partial charge is 0.396 e. The van der Waals surface area contributed by atoms with E-state index in [1.807, 2.05) is 48.0 Å². The number of benzene rings is 2. The van der Waals surface area contributed by atoms with Crippen molar-refractivity contribution in [1.29, 1.82) is 0 Å². The fourth-order valence-corrected chi connectivity index (χ4v) is 2.57. The highest BCUT2D eigenvalue weighted by atomic mass is 16.3. The minimum Gasteiger partial charge on any atom is -0.396 e. The van der Waals surface area contributed by atoms with Crippen LogP contribution < -0.4 is 11.1 Å². The Hall–Kier alpha value is -2.70. The molecule has 3 rings (SSSR count). The number of hydrogen-bond donors (Lipinski definition) is 3. The van der Waals surface area contributed by atoms with Gasteiger partial charge >= 0.3 is 0 Å². The molecule has 2 aromatic carbocycles. The summed E-state index contributed by atoms with van der Waals surface area (Å²) in [4.78, 5) is 12.0. The number of aliphatic hydroxyl groups is 1. The molecular weight excluding hydrogens is 304 g/mol. The van der Waals surface area contributed by atoms with Gasteiger partial charge in [0, 0.05) is 17.7 Å². The van der Waals surface area contributed by atoms with Crippen LogP contribution in [0.2, 0.25) is 0 Å². The van der Waals surface area contributed by atoms with E-state index in [0.29, 0.717) is 5.69 Å². The minimum atomic E-state index is -0.729. The van der Waals surface area contributed by atoms with E-state index in [1.165, 1.54) is 0 Å². The summed E-state index contributed by atoms with van der Waals surface area (Å²) in [5, 5.41) is 17.1. The van der Waals surface area contributed by atoms with Crippen LogP contribution >= 0.6 is 0 Å². The number of carbonyl (C=O) groups excluding carboxylic acids is 1. The smallest absolute Gasteiger partial charge is 0.241 e. The lowest BCUT2D eigenvalue weighted by atomic mass is 10.2. The Bertz CT molecular complexity index is 872. The third-order valence-corrected chi connectivity index (χ3v) is 3.86. The van der Waals surface area contributed by atoms with Gasteiger partial charge in [0.2, 0.25) is 5.91 Å². The summed E-state index contributed by atoms with van der Waals surface area (Å²) in [5.41, 5.74) is 9.37. The van der Waals surface area contributed by atoms with Crippen LogP contribution in [0, 0.1) is 6.92 Å². The van der Waals surface area contributed by atoms with E-state index in [0.717, 1.165) is 22.2 Å². The first-order chi connectivity index (χ1) is 11.6. The summed E-state index contributed by atoms with van der Waals surface area (Å²) in [6.07, 6.45) is 2.02. The molecule has 4 N–H and O–H groups in total. The Morgan fingerprint density at radius 1 is 1.33 bits per heavy atom. The molecule has 0 aliphatic carbocycles. The number of nitrogens with one attached hydrogen (secondary N) is 1. The highest BCUT2D eigenvalue weighted by Gasteiger charge is 2.13. The Labute approximate surface area is 139 Å². The maximum atomic E-state index is 12.0. The maximum Gasteiger partial charge on any atom is 0.241 e. The number of carbonyl (C=O) groups is 1. The molecule has 0 saturated heterocycles. The Morgan fingerprint density at radius 3 is 2.92 bits per heavy atom. The molecular formula is C18H20N4O2. The van der Waals surface area contributed by atoms with Gasteiger partial charge in [-0.2, -0.15) is 5.10 Å². The summed E-state index contributed by atoms with van der Waals surface area (Å²) >= 11 is 0. The standard InChI is InChI=1S/C18H20N4O2/c1-12-3-2-4-15(9-12)22-17-10-14(6-5-13(17)11-20-22)21-18(24)16(19)7-8-23/h2-6,9-11,16,23H,7-8,19H2,1H3,(H,21,24)/t16-/m0/s1. The Kier molecular flexibility index (Phi) is 4.59. The van der Waals surface area contributed by atoms with Crippen molar-refractivity contribution in [2.75, 3.05) is 11.9 Å². The second kappa shape index (κ2) is 6.82. The molecule has 6 heteroatoms. The predicted molar refractivity (Wildman–Crippen MR) is 94.1 cm³/mol. The molecule has 1 amide bonds. The number of amides is 1. The van der Waals surface area contributed by atoms with Crippen molar-refractivity contribution in [2.24, 2.45) is 5.73 Å². The van der Waals surface area contributed by atoms with Gasteiger partial charge in [-0.25, -0.2) is 4.68 Å². The zero-order chi connectivity index (χ0) is 17.1. The van der Waals surface area contributed by atoms with Gasteiger partial charge in [0.05, 0.1) is 23.4 Å². The fraction of sp³-hybridized carbons (Fsp3) is 0.222. The van der Waals surface area contributed by atoms with Crippen molar-refractivity contribution in [3.05, 3.63) is 54.2 Å². The van der Waals surface area contributed by atoms with Gasteiger partial charge in [-0.05, 0) is 49.2 Å². The number of aliphatic hydroxyl groups excluding tert-OH is 1. The number of nitrogens with zero attached hydrogens (tertiary/aromatic N) is 2. The average molecular weight is 324 g/mol. The van der Waals surface area contributed by atoms with Crippen LogP contribution in [0.4, 0.5) is 5.69 Å². The maximum absolute atomic E-state index is 12.0. The zero-order valence-corrected chi connectivity index (χ0v) is 13.4.